The highest BCUT2D eigenvalue weighted by atomic mass is 16.6. The van der Waals surface area contributed by atoms with Crippen LogP contribution >= 0.6 is 0 Å². The minimum absolute atomic E-state index is 0.200. The molecule has 2 aliphatic heterocycles. The fraction of sp³-hybridized carbons (Fsp3) is 0.333. The van der Waals surface area contributed by atoms with E-state index in [0.717, 1.165) is 0 Å². The Morgan fingerprint density at radius 2 is 1.06 bits per heavy atom. The van der Waals surface area contributed by atoms with Crippen molar-refractivity contribution in [3.63, 3.8) is 0 Å². The molecule has 2 aromatic rings. The zero-order valence-electron chi connectivity index (χ0n) is 18.9. The molecule has 4 rings (SSSR count). The number of rotatable bonds is 6. The maximum atomic E-state index is 12.8. The van der Waals surface area contributed by atoms with Crippen molar-refractivity contribution in [2.24, 2.45) is 11.8 Å². The third-order valence-corrected chi connectivity index (χ3v) is 5.61. The van der Waals surface area contributed by atoms with Gasteiger partial charge in [0, 0.05) is 13.8 Å². The van der Waals surface area contributed by atoms with Gasteiger partial charge in [-0.3, -0.25) is 19.2 Å². The Labute approximate surface area is 194 Å². The second kappa shape index (κ2) is 9.05. The fourth-order valence-corrected chi connectivity index (χ4v) is 4.22. The predicted octanol–water partition coefficient (Wildman–Crippen LogP) is 2.68. The van der Waals surface area contributed by atoms with Gasteiger partial charge in [-0.25, -0.2) is 0 Å². The predicted molar refractivity (Wildman–Crippen MR) is 113 cm³/mol. The molecule has 178 valence electrons. The van der Waals surface area contributed by atoms with E-state index >= 15 is 0 Å². The van der Waals surface area contributed by atoms with Gasteiger partial charge in [0.2, 0.25) is 0 Å². The topological polar surface area (TPSA) is 124 Å². The summed E-state index contributed by atoms with van der Waals surface area (Å²) < 4.78 is 32.0. The summed E-state index contributed by atoms with van der Waals surface area (Å²) in [5.74, 6) is -3.08. The molecule has 10 heteroatoms. The van der Waals surface area contributed by atoms with E-state index in [0.29, 0.717) is 11.1 Å². The van der Waals surface area contributed by atoms with Crippen LogP contribution in [0.25, 0.3) is 0 Å². The molecule has 10 nitrogen and oxygen atoms in total. The van der Waals surface area contributed by atoms with Crippen LogP contribution in [-0.4, -0.2) is 38.1 Å². The maximum absolute atomic E-state index is 12.8. The van der Waals surface area contributed by atoms with E-state index in [-0.39, 0.29) is 23.0 Å². The van der Waals surface area contributed by atoms with E-state index in [1.54, 1.807) is 24.3 Å². The average Bonchev–Trinajstić information content (AvgIpc) is 3.32. The molecule has 0 N–H and O–H groups in total. The molecular formula is C24H22O10. The van der Waals surface area contributed by atoms with Crippen LogP contribution in [0.1, 0.15) is 37.2 Å². The Balaban J connectivity index is 1.64. The Kier molecular flexibility index (Phi) is 6.14. The quantitative estimate of drug-likeness (QED) is 0.460. The van der Waals surface area contributed by atoms with Crippen LogP contribution in [0.15, 0.2) is 36.4 Å². The van der Waals surface area contributed by atoms with Crippen molar-refractivity contribution in [2.75, 3.05) is 14.2 Å². The molecule has 4 atom stereocenters. The van der Waals surface area contributed by atoms with Crippen LogP contribution in [0, 0.1) is 11.8 Å². The van der Waals surface area contributed by atoms with Gasteiger partial charge in [-0.2, -0.15) is 0 Å². The minimum Gasteiger partial charge on any atom is -0.493 e. The third kappa shape index (κ3) is 4.14. The van der Waals surface area contributed by atoms with Gasteiger partial charge in [0.05, 0.1) is 14.2 Å². The van der Waals surface area contributed by atoms with Gasteiger partial charge < -0.3 is 28.4 Å². The maximum Gasteiger partial charge on any atom is 0.314 e. The summed E-state index contributed by atoms with van der Waals surface area (Å²) in [7, 11) is 2.81. The fourth-order valence-electron chi connectivity index (χ4n) is 4.22. The number of cyclic esters (lactones) is 2. The van der Waals surface area contributed by atoms with Crippen molar-refractivity contribution in [3.05, 3.63) is 47.5 Å². The van der Waals surface area contributed by atoms with Gasteiger partial charge in [-0.1, -0.05) is 12.1 Å². The second-order valence-corrected chi connectivity index (χ2v) is 7.77. The molecule has 0 radical (unpaired) electrons. The van der Waals surface area contributed by atoms with Crippen LogP contribution in [0.5, 0.6) is 23.0 Å². The first-order valence-electron chi connectivity index (χ1n) is 10.4. The highest BCUT2D eigenvalue weighted by molar-refractivity contribution is 5.90. The first kappa shape index (κ1) is 23.1. The number of esters is 4. The third-order valence-electron chi connectivity index (χ3n) is 5.61. The van der Waals surface area contributed by atoms with Crippen LogP contribution in [0.2, 0.25) is 0 Å². The molecule has 2 saturated heterocycles. The van der Waals surface area contributed by atoms with Crippen molar-refractivity contribution < 1.29 is 47.6 Å². The lowest BCUT2D eigenvalue weighted by Gasteiger charge is -2.17. The first-order chi connectivity index (χ1) is 16.2. The largest absolute Gasteiger partial charge is 0.493 e. The van der Waals surface area contributed by atoms with E-state index in [4.69, 9.17) is 28.4 Å². The number of carbonyl (C=O) groups excluding carboxylic acids is 4. The van der Waals surface area contributed by atoms with Gasteiger partial charge in [0.25, 0.3) is 0 Å². The molecule has 0 spiro atoms. The Hall–Kier alpha value is -4.08. The van der Waals surface area contributed by atoms with E-state index < -0.39 is 47.9 Å². The lowest BCUT2D eigenvalue weighted by Crippen LogP contribution is -2.19. The molecule has 2 heterocycles. The van der Waals surface area contributed by atoms with Gasteiger partial charge in [0.1, 0.15) is 24.0 Å². The summed E-state index contributed by atoms with van der Waals surface area (Å²) in [6.07, 6.45) is -1.81. The molecule has 0 aliphatic carbocycles. The molecule has 0 aromatic heterocycles. The van der Waals surface area contributed by atoms with Gasteiger partial charge in [-0.15, -0.1) is 0 Å². The van der Waals surface area contributed by atoms with Crippen molar-refractivity contribution in [1.29, 1.82) is 0 Å². The summed E-state index contributed by atoms with van der Waals surface area (Å²) in [6.45, 7) is 2.53. The summed E-state index contributed by atoms with van der Waals surface area (Å²) in [5.41, 5.74) is 0.989. The van der Waals surface area contributed by atoms with Crippen molar-refractivity contribution in [2.45, 2.75) is 26.1 Å². The SMILES string of the molecule is COc1cc([C@@H]2OC(=O)[C@@H]3[C@H]2C(=O)O[C@H]3c2ccc(OC(C)=O)c(OC)c2)ccc1OC(C)=O. The molecule has 0 unspecified atom stereocenters. The molecule has 0 bridgehead atoms. The molecule has 2 aliphatic rings. The zero-order chi connectivity index (χ0) is 24.6. The Morgan fingerprint density at radius 1 is 0.676 bits per heavy atom. The summed E-state index contributed by atoms with van der Waals surface area (Å²) >= 11 is 0. The first-order valence-corrected chi connectivity index (χ1v) is 10.4. The number of hydrogen-bond donors (Lipinski definition) is 0. The van der Waals surface area contributed by atoms with Crippen LogP contribution in [-0.2, 0) is 28.7 Å². The Bertz CT molecular complexity index is 1080. The number of fused-ring (bicyclic) bond motifs is 1. The molecule has 2 aromatic carbocycles. The lowest BCUT2D eigenvalue weighted by atomic mass is 9.84. The second-order valence-electron chi connectivity index (χ2n) is 7.77. The number of benzene rings is 2. The average molecular weight is 470 g/mol. The van der Waals surface area contributed by atoms with Crippen molar-refractivity contribution in [1.82, 2.24) is 0 Å². The number of methoxy groups -OCH3 is 2. The van der Waals surface area contributed by atoms with E-state index in [1.807, 2.05) is 0 Å². The number of carbonyl (C=O) groups is 4. The van der Waals surface area contributed by atoms with E-state index in [1.165, 1.54) is 40.2 Å². The van der Waals surface area contributed by atoms with Gasteiger partial charge in [0.15, 0.2) is 23.0 Å². The normalized spacial score (nSPS) is 22.9. The summed E-state index contributed by atoms with van der Waals surface area (Å²) in [6, 6.07) is 9.31. The highest BCUT2D eigenvalue weighted by Crippen LogP contribution is 2.52. The zero-order valence-corrected chi connectivity index (χ0v) is 18.9. The van der Waals surface area contributed by atoms with E-state index in [2.05, 4.69) is 0 Å². The molecule has 34 heavy (non-hydrogen) atoms. The monoisotopic (exact) mass is 470 g/mol. The molecule has 2 fully saturated rings. The molecule has 0 amide bonds. The Morgan fingerprint density at radius 3 is 1.38 bits per heavy atom. The van der Waals surface area contributed by atoms with Crippen molar-refractivity contribution in [3.8, 4) is 23.0 Å². The minimum atomic E-state index is -0.905. The van der Waals surface area contributed by atoms with Crippen LogP contribution in [0.3, 0.4) is 0 Å². The molecule has 0 saturated carbocycles. The van der Waals surface area contributed by atoms with Gasteiger partial charge >= 0.3 is 23.9 Å². The van der Waals surface area contributed by atoms with Crippen LogP contribution in [0.4, 0.5) is 0 Å². The number of hydrogen-bond acceptors (Lipinski definition) is 10. The molecular weight excluding hydrogens is 448 g/mol. The van der Waals surface area contributed by atoms with Gasteiger partial charge in [-0.05, 0) is 35.4 Å². The van der Waals surface area contributed by atoms with Crippen molar-refractivity contribution >= 4 is 23.9 Å². The van der Waals surface area contributed by atoms with Crippen LogP contribution < -0.4 is 18.9 Å². The lowest BCUT2D eigenvalue weighted by molar-refractivity contribution is -0.155. The summed E-state index contributed by atoms with van der Waals surface area (Å²) in [4.78, 5) is 48.3. The highest BCUT2D eigenvalue weighted by Gasteiger charge is 2.60. The number of ether oxygens (including phenoxy) is 6. The standard InChI is InChI=1S/C24H22O10/c1-11(25)31-15-7-5-13(9-17(15)29-3)21-19-20(24(28)33-21)22(34-23(19)27)14-6-8-16(32-12(2)26)18(10-14)30-4/h5-10,19-22H,1-4H3/t19-,20-,21+,22+/m1/s1. The summed E-state index contributed by atoms with van der Waals surface area (Å²) in [5, 5.41) is 0. The van der Waals surface area contributed by atoms with E-state index in [9.17, 15) is 19.2 Å². The smallest absolute Gasteiger partial charge is 0.314 e.